The van der Waals surface area contributed by atoms with Crippen molar-refractivity contribution in [3.63, 3.8) is 0 Å². The highest BCUT2D eigenvalue weighted by Gasteiger charge is 2.46. The van der Waals surface area contributed by atoms with Gasteiger partial charge in [0.1, 0.15) is 11.3 Å². The normalized spacial score (nSPS) is 22.5. The van der Waals surface area contributed by atoms with Crippen LogP contribution in [0.3, 0.4) is 0 Å². The van der Waals surface area contributed by atoms with Crippen molar-refractivity contribution >= 4 is 28.7 Å². The van der Waals surface area contributed by atoms with E-state index in [9.17, 15) is 14.4 Å². The summed E-state index contributed by atoms with van der Waals surface area (Å²) in [6, 6.07) is 7.23. The number of fused-ring (bicyclic) bond motifs is 6. The number of nitrogens with zero attached hydrogens (tertiary/aromatic N) is 2. The maximum absolute atomic E-state index is 13.1. The Morgan fingerprint density at radius 3 is 2.58 bits per heavy atom. The molecule has 0 N–H and O–H groups in total. The summed E-state index contributed by atoms with van der Waals surface area (Å²) in [7, 11) is 1.77. The van der Waals surface area contributed by atoms with Crippen molar-refractivity contribution in [1.29, 1.82) is 0 Å². The molecule has 1 amide bonds. The number of carbonyl (C=O) groups excluding carboxylic acids is 3. The molecule has 4 rings (SSSR count). The van der Waals surface area contributed by atoms with Gasteiger partial charge < -0.3 is 9.64 Å². The van der Waals surface area contributed by atoms with E-state index >= 15 is 0 Å². The van der Waals surface area contributed by atoms with Gasteiger partial charge in [0.2, 0.25) is 5.91 Å². The second-order valence-electron chi connectivity index (χ2n) is 8.12. The Morgan fingerprint density at radius 1 is 1.19 bits per heavy atom. The van der Waals surface area contributed by atoms with Gasteiger partial charge in [0.25, 0.3) is 0 Å². The lowest BCUT2D eigenvalue weighted by atomic mass is 9.77. The minimum Gasteiger partial charge on any atom is -0.443 e. The molecule has 2 aromatic rings. The van der Waals surface area contributed by atoms with E-state index in [4.69, 9.17) is 4.74 Å². The number of para-hydroxylation sites is 1. The fraction of sp³-hybridized carbons (Fsp3) is 0.450. The highest BCUT2D eigenvalue weighted by Crippen LogP contribution is 2.46. The van der Waals surface area contributed by atoms with Gasteiger partial charge in [0, 0.05) is 30.3 Å². The molecule has 0 saturated carbocycles. The highest BCUT2D eigenvalue weighted by molar-refractivity contribution is 6.11. The van der Waals surface area contributed by atoms with E-state index in [-0.39, 0.29) is 30.1 Å². The summed E-state index contributed by atoms with van der Waals surface area (Å²) >= 11 is 0. The average molecular weight is 354 g/mol. The second kappa shape index (κ2) is 5.43. The van der Waals surface area contributed by atoms with E-state index in [2.05, 4.69) is 0 Å². The maximum atomic E-state index is 13.1. The quantitative estimate of drug-likeness (QED) is 0.726. The third-order valence-electron chi connectivity index (χ3n) is 5.22. The lowest BCUT2D eigenvalue weighted by Crippen LogP contribution is -2.45. The first-order valence-electron chi connectivity index (χ1n) is 8.85. The third kappa shape index (κ3) is 2.35. The van der Waals surface area contributed by atoms with Crippen LogP contribution < -0.4 is 0 Å². The zero-order valence-electron chi connectivity index (χ0n) is 15.4. The van der Waals surface area contributed by atoms with Gasteiger partial charge in [-0.1, -0.05) is 18.2 Å². The zero-order valence-corrected chi connectivity index (χ0v) is 15.4. The van der Waals surface area contributed by atoms with E-state index in [0.29, 0.717) is 17.6 Å². The monoisotopic (exact) mass is 354 g/mol. The van der Waals surface area contributed by atoms with Crippen LogP contribution >= 0.6 is 0 Å². The van der Waals surface area contributed by atoms with E-state index < -0.39 is 11.7 Å². The van der Waals surface area contributed by atoms with Crippen LogP contribution in [0.25, 0.3) is 10.9 Å². The molecular formula is C20H22N2O4. The lowest BCUT2D eigenvalue weighted by Gasteiger charge is -2.40. The van der Waals surface area contributed by atoms with E-state index in [1.807, 2.05) is 24.3 Å². The molecule has 1 fully saturated rings. The topological polar surface area (TPSA) is 68.6 Å². The minimum atomic E-state index is -0.671. The molecule has 6 heteroatoms. The van der Waals surface area contributed by atoms with Crippen LogP contribution in [-0.2, 0) is 9.53 Å². The molecule has 1 aliphatic heterocycles. The second-order valence-corrected chi connectivity index (χ2v) is 8.12. The standard InChI is InChI=1S/C20H22N2O4/c1-20(2,3)26-19(25)22-13-8-6-5-7-12(13)16-14-9-11(18(24)17(16)22)10-15(23)21(14)4/h5-8,11,14H,9-10H2,1-4H3/t11-,14-/m1/s1. The van der Waals surface area contributed by atoms with E-state index in [0.717, 1.165) is 10.9 Å². The fourth-order valence-electron chi connectivity index (χ4n) is 4.09. The molecular weight excluding hydrogens is 332 g/mol. The molecule has 2 bridgehead atoms. The Bertz CT molecular complexity index is 951. The third-order valence-corrected chi connectivity index (χ3v) is 5.22. The van der Waals surface area contributed by atoms with E-state index in [1.165, 1.54) is 4.57 Å². The zero-order chi connectivity index (χ0) is 18.8. The molecule has 26 heavy (non-hydrogen) atoms. The van der Waals surface area contributed by atoms with Crippen molar-refractivity contribution in [2.45, 2.75) is 45.3 Å². The number of Topliss-reactive ketones (excluding diaryl/α,β-unsaturated/α-hetero) is 1. The molecule has 0 unspecified atom stereocenters. The van der Waals surface area contributed by atoms with Crippen molar-refractivity contribution in [3.8, 4) is 0 Å². The van der Waals surface area contributed by atoms with Crippen LogP contribution in [-0.4, -0.2) is 39.9 Å². The summed E-state index contributed by atoms with van der Waals surface area (Å²) in [6.45, 7) is 5.39. The molecule has 6 nitrogen and oxygen atoms in total. The largest absolute Gasteiger partial charge is 0.443 e. The molecule has 0 radical (unpaired) electrons. The smallest absolute Gasteiger partial charge is 0.419 e. The van der Waals surface area contributed by atoms with Crippen LogP contribution in [0.2, 0.25) is 0 Å². The Balaban J connectivity index is 2.00. The van der Waals surface area contributed by atoms with E-state index in [1.54, 1.807) is 32.7 Å². The first-order valence-corrected chi connectivity index (χ1v) is 8.85. The van der Waals surface area contributed by atoms with Gasteiger partial charge in [0.05, 0.1) is 11.6 Å². The van der Waals surface area contributed by atoms with Crippen LogP contribution in [0, 0.1) is 5.92 Å². The predicted octanol–water partition coefficient (Wildman–Crippen LogP) is 3.53. The molecule has 2 atom stereocenters. The highest BCUT2D eigenvalue weighted by atomic mass is 16.6. The summed E-state index contributed by atoms with van der Waals surface area (Å²) < 4.78 is 6.97. The van der Waals surface area contributed by atoms with Gasteiger partial charge >= 0.3 is 6.09 Å². The summed E-state index contributed by atoms with van der Waals surface area (Å²) in [6.07, 6.45) is 0.245. The fourth-order valence-corrected chi connectivity index (χ4v) is 4.09. The Kier molecular flexibility index (Phi) is 3.51. The maximum Gasteiger partial charge on any atom is 0.419 e. The molecule has 2 aliphatic rings. The summed E-state index contributed by atoms with van der Waals surface area (Å²) in [5, 5.41) is 0.826. The molecule has 136 valence electrons. The van der Waals surface area contributed by atoms with Crippen LogP contribution in [0.5, 0.6) is 0 Å². The number of benzene rings is 1. The van der Waals surface area contributed by atoms with Gasteiger partial charge in [-0.05, 0) is 33.3 Å². The number of hydrogen-bond acceptors (Lipinski definition) is 4. The first kappa shape index (κ1) is 16.8. The lowest BCUT2D eigenvalue weighted by molar-refractivity contribution is -0.136. The van der Waals surface area contributed by atoms with Crippen molar-refractivity contribution < 1.29 is 19.1 Å². The first-order chi connectivity index (χ1) is 12.2. The van der Waals surface area contributed by atoms with Crippen LogP contribution in [0.15, 0.2) is 24.3 Å². The summed E-state index contributed by atoms with van der Waals surface area (Å²) in [5.41, 5.74) is 1.12. The van der Waals surface area contributed by atoms with Gasteiger partial charge in [-0.15, -0.1) is 0 Å². The number of rotatable bonds is 0. The molecule has 1 aliphatic carbocycles. The Hall–Kier alpha value is -2.63. The Morgan fingerprint density at radius 2 is 1.88 bits per heavy atom. The van der Waals surface area contributed by atoms with Crippen molar-refractivity contribution in [2.75, 3.05) is 7.05 Å². The molecule has 2 heterocycles. The number of aromatic nitrogens is 1. The molecule has 1 aromatic heterocycles. The predicted molar refractivity (Wildman–Crippen MR) is 96.1 cm³/mol. The SMILES string of the molecule is CN1C(=O)C[C@H]2C[C@@H]1c1c(n(C(=O)OC(C)(C)C)c3ccccc13)C2=O. The Labute approximate surface area is 151 Å². The summed E-state index contributed by atoms with van der Waals surface area (Å²) in [4.78, 5) is 40.1. The number of likely N-dealkylation sites (tertiary alicyclic amines) is 1. The molecule has 0 spiro atoms. The van der Waals surface area contributed by atoms with Crippen molar-refractivity contribution in [1.82, 2.24) is 9.47 Å². The number of amides is 1. The number of carbonyl (C=O) groups is 3. The number of hydrogen-bond donors (Lipinski definition) is 0. The average Bonchev–Trinajstić information content (AvgIpc) is 2.90. The minimum absolute atomic E-state index is 0.0284. The van der Waals surface area contributed by atoms with Crippen LogP contribution in [0.4, 0.5) is 4.79 Å². The number of ether oxygens (including phenoxy) is 1. The van der Waals surface area contributed by atoms with Gasteiger partial charge in [-0.25, -0.2) is 9.36 Å². The van der Waals surface area contributed by atoms with Crippen molar-refractivity contribution in [3.05, 3.63) is 35.5 Å². The number of piperidine rings is 1. The van der Waals surface area contributed by atoms with Gasteiger partial charge in [-0.2, -0.15) is 0 Å². The molecule has 1 saturated heterocycles. The van der Waals surface area contributed by atoms with Crippen LogP contribution in [0.1, 0.15) is 55.7 Å². The summed E-state index contributed by atoms with van der Waals surface area (Å²) in [5.74, 6) is -0.541. The van der Waals surface area contributed by atoms with Gasteiger partial charge in [0.15, 0.2) is 5.78 Å². The molecule has 1 aromatic carbocycles. The number of ketones is 1. The van der Waals surface area contributed by atoms with Crippen molar-refractivity contribution in [2.24, 2.45) is 5.92 Å². The van der Waals surface area contributed by atoms with Gasteiger partial charge in [-0.3, -0.25) is 9.59 Å².